The lowest BCUT2D eigenvalue weighted by molar-refractivity contribution is 0.620. The zero-order valence-corrected chi connectivity index (χ0v) is 11.7. The van der Waals surface area contributed by atoms with Crippen molar-refractivity contribution in [3.8, 4) is 0 Å². The van der Waals surface area contributed by atoms with Gasteiger partial charge >= 0.3 is 0 Å². The quantitative estimate of drug-likeness (QED) is 0.881. The van der Waals surface area contributed by atoms with Crippen LogP contribution >= 0.6 is 27.5 Å². The van der Waals surface area contributed by atoms with Crippen molar-refractivity contribution in [2.24, 2.45) is 0 Å². The van der Waals surface area contributed by atoms with Gasteiger partial charge < -0.3 is 11.1 Å². The SMILES string of the molecule is Cc1cc(F)c(Br)cc1Nc1ncnc(N)c1Cl. The van der Waals surface area contributed by atoms with Gasteiger partial charge in [-0.3, -0.25) is 0 Å². The predicted octanol–water partition coefficient (Wildman–Crippen LogP) is 3.67. The maximum absolute atomic E-state index is 13.3. The van der Waals surface area contributed by atoms with E-state index in [0.29, 0.717) is 16.0 Å². The van der Waals surface area contributed by atoms with E-state index in [1.54, 1.807) is 13.0 Å². The average Bonchev–Trinajstić information content (AvgIpc) is 2.32. The summed E-state index contributed by atoms with van der Waals surface area (Å²) in [4.78, 5) is 7.74. The summed E-state index contributed by atoms with van der Waals surface area (Å²) in [5.74, 6) is 0.241. The molecule has 2 aromatic rings. The highest BCUT2D eigenvalue weighted by Crippen LogP contribution is 2.30. The Hall–Kier alpha value is -1.40. The summed E-state index contributed by atoms with van der Waals surface area (Å²) in [6.07, 6.45) is 1.30. The largest absolute Gasteiger partial charge is 0.382 e. The monoisotopic (exact) mass is 330 g/mol. The maximum Gasteiger partial charge on any atom is 0.154 e. The molecule has 0 spiro atoms. The first-order valence-electron chi connectivity index (χ1n) is 4.97. The van der Waals surface area contributed by atoms with E-state index in [4.69, 9.17) is 17.3 Å². The maximum atomic E-state index is 13.3. The normalized spacial score (nSPS) is 10.4. The predicted molar refractivity (Wildman–Crippen MR) is 73.6 cm³/mol. The van der Waals surface area contributed by atoms with Gasteiger partial charge in [-0.2, -0.15) is 0 Å². The summed E-state index contributed by atoms with van der Waals surface area (Å²) >= 11 is 9.09. The zero-order chi connectivity index (χ0) is 13.3. The molecular formula is C11H9BrClFN4. The number of nitrogens with one attached hydrogen (secondary N) is 1. The Labute approximate surface area is 117 Å². The van der Waals surface area contributed by atoms with Crippen molar-refractivity contribution < 1.29 is 4.39 Å². The molecule has 0 atom stereocenters. The number of hydrogen-bond acceptors (Lipinski definition) is 4. The fourth-order valence-corrected chi connectivity index (χ4v) is 1.87. The van der Waals surface area contributed by atoms with E-state index in [0.717, 1.165) is 5.56 Å². The van der Waals surface area contributed by atoms with Crippen molar-refractivity contribution in [3.05, 3.63) is 39.3 Å². The lowest BCUT2D eigenvalue weighted by Gasteiger charge is -2.11. The second kappa shape index (κ2) is 5.07. The molecule has 1 aromatic heterocycles. The Morgan fingerprint density at radius 3 is 2.83 bits per heavy atom. The highest BCUT2D eigenvalue weighted by Gasteiger charge is 2.10. The summed E-state index contributed by atoms with van der Waals surface area (Å²) in [5, 5.41) is 3.22. The Morgan fingerprint density at radius 2 is 2.11 bits per heavy atom. The van der Waals surface area contributed by atoms with Crippen LogP contribution in [0, 0.1) is 12.7 Å². The molecular weight excluding hydrogens is 323 g/mol. The Kier molecular flexibility index (Phi) is 3.68. The number of nitrogens with two attached hydrogens (primary N) is 1. The van der Waals surface area contributed by atoms with Gasteiger partial charge in [0.25, 0.3) is 0 Å². The van der Waals surface area contributed by atoms with Crippen molar-refractivity contribution in [3.63, 3.8) is 0 Å². The van der Waals surface area contributed by atoms with Gasteiger partial charge in [0, 0.05) is 5.69 Å². The van der Waals surface area contributed by atoms with E-state index >= 15 is 0 Å². The number of halogens is 3. The van der Waals surface area contributed by atoms with Crippen LogP contribution in [0.1, 0.15) is 5.56 Å². The molecule has 0 unspecified atom stereocenters. The highest BCUT2D eigenvalue weighted by atomic mass is 79.9. The van der Waals surface area contributed by atoms with Gasteiger partial charge in [0.1, 0.15) is 23.0 Å². The van der Waals surface area contributed by atoms with Crippen molar-refractivity contribution in [2.75, 3.05) is 11.1 Å². The van der Waals surface area contributed by atoms with Crippen molar-refractivity contribution in [2.45, 2.75) is 6.92 Å². The molecule has 2 rings (SSSR count). The topological polar surface area (TPSA) is 63.8 Å². The molecule has 4 nitrogen and oxygen atoms in total. The number of aryl methyl sites for hydroxylation is 1. The number of hydrogen-bond donors (Lipinski definition) is 2. The van der Waals surface area contributed by atoms with E-state index < -0.39 is 0 Å². The lowest BCUT2D eigenvalue weighted by atomic mass is 10.2. The third-order valence-electron chi connectivity index (χ3n) is 2.34. The number of anilines is 3. The standard InChI is InChI=1S/C11H9BrClFN4/c1-5-2-7(14)6(12)3-8(5)18-11-9(13)10(15)16-4-17-11/h2-4H,1H3,(H3,15,16,17,18). The Bertz CT molecular complexity index is 606. The molecule has 0 radical (unpaired) electrons. The van der Waals surface area contributed by atoms with E-state index in [-0.39, 0.29) is 16.7 Å². The molecule has 0 amide bonds. The van der Waals surface area contributed by atoms with Crippen LogP contribution in [0.2, 0.25) is 5.02 Å². The lowest BCUT2D eigenvalue weighted by Crippen LogP contribution is -2.01. The second-order valence-corrected chi connectivity index (χ2v) is 4.86. The van der Waals surface area contributed by atoms with Crippen LogP contribution in [0.25, 0.3) is 0 Å². The van der Waals surface area contributed by atoms with E-state index in [1.807, 2.05) is 0 Å². The van der Waals surface area contributed by atoms with Crippen LogP contribution in [0.3, 0.4) is 0 Å². The van der Waals surface area contributed by atoms with Gasteiger partial charge in [0.2, 0.25) is 0 Å². The van der Waals surface area contributed by atoms with E-state index in [1.165, 1.54) is 12.4 Å². The summed E-state index contributed by atoms with van der Waals surface area (Å²) in [6, 6.07) is 3.02. The summed E-state index contributed by atoms with van der Waals surface area (Å²) in [7, 11) is 0. The second-order valence-electron chi connectivity index (χ2n) is 3.63. The van der Waals surface area contributed by atoms with Crippen LogP contribution in [0.5, 0.6) is 0 Å². The third-order valence-corrected chi connectivity index (χ3v) is 3.32. The summed E-state index contributed by atoms with van der Waals surface area (Å²) < 4.78 is 13.7. The van der Waals surface area contributed by atoms with Gasteiger partial charge in [-0.05, 0) is 40.5 Å². The molecule has 0 saturated carbocycles. The third kappa shape index (κ3) is 2.54. The van der Waals surface area contributed by atoms with Crippen LogP contribution in [0.15, 0.2) is 22.9 Å². The molecule has 0 aliphatic rings. The molecule has 0 fully saturated rings. The molecule has 94 valence electrons. The van der Waals surface area contributed by atoms with Gasteiger partial charge in [-0.1, -0.05) is 11.6 Å². The molecule has 18 heavy (non-hydrogen) atoms. The minimum absolute atomic E-state index is 0.188. The van der Waals surface area contributed by atoms with Gasteiger partial charge in [0.05, 0.1) is 4.47 Å². The smallest absolute Gasteiger partial charge is 0.154 e. The van der Waals surface area contributed by atoms with Crippen LogP contribution < -0.4 is 11.1 Å². The molecule has 1 heterocycles. The molecule has 0 bridgehead atoms. The first-order chi connectivity index (χ1) is 8.49. The molecule has 3 N–H and O–H groups in total. The summed E-state index contributed by atoms with van der Waals surface area (Å²) in [6.45, 7) is 1.77. The summed E-state index contributed by atoms with van der Waals surface area (Å²) in [5.41, 5.74) is 6.98. The van der Waals surface area contributed by atoms with Crippen LogP contribution in [-0.2, 0) is 0 Å². The minimum Gasteiger partial charge on any atom is -0.382 e. The number of nitrogen functional groups attached to an aromatic ring is 1. The Balaban J connectivity index is 2.40. The number of benzene rings is 1. The van der Waals surface area contributed by atoms with Crippen LogP contribution in [0.4, 0.5) is 21.7 Å². The molecule has 0 aliphatic heterocycles. The van der Waals surface area contributed by atoms with E-state index in [9.17, 15) is 4.39 Å². The zero-order valence-electron chi connectivity index (χ0n) is 9.34. The Morgan fingerprint density at radius 1 is 1.39 bits per heavy atom. The van der Waals surface area contributed by atoms with Gasteiger partial charge in [0.15, 0.2) is 5.82 Å². The molecule has 7 heteroatoms. The van der Waals surface area contributed by atoms with E-state index in [2.05, 4.69) is 31.2 Å². The molecule has 1 aromatic carbocycles. The fraction of sp³-hybridized carbons (Fsp3) is 0.0909. The highest BCUT2D eigenvalue weighted by molar-refractivity contribution is 9.10. The van der Waals surface area contributed by atoms with Gasteiger partial charge in [-0.15, -0.1) is 0 Å². The molecule has 0 aliphatic carbocycles. The van der Waals surface area contributed by atoms with Crippen LogP contribution in [-0.4, -0.2) is 9.97 Å². The van der Waals surface area contributed by atoms with Crippen molar-refractivity contribution in [1.82, 2.24) is 9.97 Å². The number of nitrogens with zero attached hydrogens (tertiary/aromatic N) is 2. The first-order valence-corrected chi connectivity index (χ1v) is 6.14. The van der Waals surface area contributed by atoms with Crippen molar-refractivity contribution in [1.29, 1.82) is 0 Å². The minimum atomic E-state index is -0.327. The van der Waals surface area contributed by atoms with Gasteiger partial charge in [-0.25, -0.2) is 14.4 Å². The average molecular weight is 332 g/mol. The first kappa shape index (κ1) is 13.0. The van der Waals surface area contributed by atoms with Crippen molar-refractivity contribution >= 4 is 44.9 Å². The number of rotatable bonds is 2. The molecule has 0 saturated heterocycles. The fourth-order valence-electron chi connectivity index (χ4n) is 1.38. The number of aromatic nitrogens is 2.